The van der Waals surface area contributed by atoms with Crippen molar-refractivity contribution in [3.8, 4) is 0 Å². The fourth-order valence-corrected chi connectivity index (χ4v) is 1.62. The number of aromatic amines is 1. The molecule has 1 aromatic rings. The van der Waals surface area contributed by atoms with Crippen LogP contribution in [0, 0.1) is 4.64 Å². The first-order valence-corrected chi connectivity index (χ1v) is 4.27. The Labute approximate surface area is 76.7 Å². The van der Waals surface area contributed by atoms with E-state index in [2.05, 4.69) is 31.4 Å². The SMILES string of the molecule is C[N+]1(C)C=Cc2c[nH]c(=S)cc21. The van der Waals surface area contributed by atoms with Gasteiger partial charge in [0.15, 0.2) is 0 Å². The minimum absolute atomic E-state index is 0.785. The van der Waals surface area contributed by atoms with Crippen molar-refractivity contribution in [2.24, 2.45) is 0 Å². The molecule has 3 heteroatoms. The maximum absolute atomic E-state index is 5.06. The van der Waals surface area contributed by atoms with Gasteiger partial charge in [0.2, 0.25) is 0 Å². The Morgan fingerprint density at radius 1 is 1.42 bits per heavy atom. The van der Waals surface area contributed by atoms with Crippen molar-refractivity contribution in [2.45, 2.75) is 0 Å². The number of fused-ring (bicyclic) bond motifs is 1. The summed E-state index contributed by atoms with van der Waals surface area (Å²) in [5, 5.41) is 0. The maximum Gasteiger partial charge on any atom is 0.148 e. The largest absolute Gasteiger partial charge is 0.352 e. The second-order valence-electron chi connectivity index (χ2n) is 3.49. The lowest BCUT2D eigenvalue weighted by atomic mass is 10.2. The number of pyridine rings is 1. The summed E-state index contributed by atoms with van der Waals surface area (Å²) in [4.78, 5) is 3.02. The molecule has 0 amide bonds. The molecule has 2 rings (SSSR count). The molecule has 62 valence electrons. The minimum Gasteiger partial charge on any atom is -0.352 e. The maximum atomic E-state index is 5.06. The molecule has 1 aliphatic heterocycles. The fourth-order valence-electron chi connectivity index (χ4n) is 1.45. The van der Waals surface area contributed by atoms with E-state index in [4.69, 9.17) is 12.2 Å². The van der Waals surface area contributed by atoms with Gasteiger partial charge in [-0.15, -0.1) is 0 Å². The lowest BCUT2D eigenvalue weighted by Gasteiger charge is -2.20. The van der Waals surface area contributed by atoms with Crippen LogP contribution in [0.15, 0.2) is 18.5 Å². The van der Waals surface area contributed by atoms with Crippen LogP contribution in [0.2, 0.25) is 0 Å². The van der Waals surface area contributed by atoms with E-state index in [0.717, 1.165) is 9.12 Å². The van der Waals surface area contributed by atoms with Gasteiger partial charge in [0.05, 0.1) is 19.7 Å². The van der Waals surface area contributed by atoms with Crippen LogP contribution >= 0.6 is 12.2 Å². The Morgan fingerprint density at radius 2 is 2.17 bits per heavy atom. The second-order valence-corrected chi connectivity index (χ2v) is 3.93. The highest BCUT2D eigenvalue weighted by Crippen LogP contribution is 2.31. The summed E-state index contributed by atoms with van der Waals surface area (Å²) >= 11 is 5.06. The summed E-state index contributed by atoms with van der Waals surface area (Å²) < 4.78 is 1.58. The molecule has 0 fully saturated rings. The van der Waals surface area contributed by atoms with Gasteiger partial charge >= 0.3 is 0 Å². The average Bonchev–Trinajstić information content (AvgIpc) is 2.28. The van der Waals surface area contributed by atoms with E-state index < -0.39 is 0 Å². The third kappa shape index (κ3) is 1.02. The number of hydrogen-bond donors (Lipinski definition) is 1. The predicted octanol–water partition coefficient (Wildman–Crippen LogP) is 2.30. The zero-order valence-corrected chi connectivity index (χ0v) is 7.98. The van der Waals surface area contributed by atoms with E-state index in [1.165, 1.54) is 11.3 Å². The molecule has 0 bridgehead atoms. The van der Waals surface area contributed by atoms with E-state index in [-0.39, 0.29) is 0 Å². The molecule has 12 heavy (non-hydrogen) atoms. The molecule has 0 saturated carbocycles. The summed E-state index contributed by atoms with van der Waals surface area (Å²) in [5.74, 6) is 0. The molecule has 0 aliphatic carbocycles. The van der Waals surface area contributed by atoms with Crippen LogP contribution in [0.1, 0.15) is 5.56 Å². The predicted molar refractivity (Wildman–Crippen MR) is 54.3 cm³/mol. The molecule has 0 atom stereocenters. The molecular formula is C9H11N2S+. The van der Waals surface area contributed by atoms with Crippen molar-refractivity contribution >= 4 is 24.0 Å². The molecule has 2 heterocycles. The van der Waals surface area contributed by atoms with Crippen molar-refractivity contribution in [1.82, 2.24) is 9.47 Å². The number of rotatable bonds is 0. The van der Waals surface area contributed by atoms with Crippen LogP contribution in [0.3, 0.4) is 0 Å². The van der Waals surface area contributed by atoms with Gasteiger partial charge in [-0.3, -0.25) is 4.48 Å². The smallest absolute Gasteiger partial charge is 0.148 e. The highest BCUT2D eigenvalue weighted by Gasteiger charge is 2.24. The fraction of sp³-hybridized carbons (Fsp3) is 0.222. The van der Waals surface area contributed by atoms with E-state index in [1.54, 1.807) is 0 Å². The standard InChI is InChI=1S/C9H10N2S/c1-11(2)4-3-7-6-10-9(12)5-8(7)11/h3-6H,1-2H3/p+1. The monoisotopic (exact) mass is 179 g/mol. The van der Waals surface area contributed by atoms with Crippen LogP contribution in [0.5, 0.6) is 0 Å². The third-order valence-corrected chi connectivity index (χ3v) is 2.42. The van der Waals surface area contributed by atoms with Crippen LogP contribution in [0.25, 0.3) is 6.08 Å². The number of hydrogen-bond acceptors (Lipinski definition) is 1. The highest BCUT2D eigenvalue weighted by atomic mass is 32.1. The topological polar surface area (TPSA) is 15.8 Å². The lowest BCUT2D eigenvalue weighted by Crippen LogP contribution is -2.31. The van der Waals surface area contributed by atoms with Crippen LogP contribution in [-0.2, 0) is 0 Å². The summed E-state index contributed by atoms with van der Waals surface area (Å²) in [6, 6.07) is 2.02. The number of quaternary nitrogens is 1. The molecule has 1 N–H and O–H groups in total. The van der Waals surface area contributed by atoms with E-state index in [1.807, 2.05) is 12.3 Å². The minimum atomic E-state index is 0.785. The van der Waals surface area contributed by atoms with E-state index in [0.29, 0.717) is 0 Å². The van der Waals surface area contributed by atoms with Gasteiger partial charge in [0, 0.05) is 18.3 Å². The van der Waals surface area contributed by atoms with Gasteiger partial charge in [-0.2, -0.15) is 0 Å². The zero-order chi connectivity index (χ0) is 8.77. The van der Waals surface area contributed by atoms with Crippen LogP contribution < -0.4 is 4.48 Å². The molecule has 2 nitrogen and oxygen atoms in total. The number of H-pyrrole nitrogens is 1. The first-order valence-electron chi connectivity index (χ1n) is 3.86. The quantitative estimate of drug-likeness (QED) is 0.477. The normalized spacial score (nSPS) is 17.8. The number of nitrogens with zero attached hydrogens (tertiary/aromatic N) is 1. The van der Waals surface area contributed by atoms with Crippen LogP contribution in [0.4, 0.5) is 5.69 Å². The molecule has 0 aromatic carbocycles. The zero-order valence-electron chi connectivity index (χ0n) is 7.16. The van der Waals surface area contributed by atoms with Crippen molar-refractivity contribution in [3.05, 3.63) is 28.7 Å². The van der Waals surface area contributed by atoms with Gasteiger partial charge < -0.3 is 4.98 Å². The van der Waals surface area contributed by atoms with Gasteiger partial charge in [-0.05, 0) is 0 Å². The molecule has 0 spiro atoms. The number of nitrogens with one attached hydrogen (secondary N) is 1. The Morgan fingerprint density at radius 3 is 2.92 bits per heavy atom. The molecule has 0 unspecified atom stereocenters. The Hall–Kier alpha value is -0.930. The summed E-state index contributed by atoms with van der Waals surface area (Å²) in [6.45, 7) is 0. The number of aromatic nitrogens is 1. The van der Waals surface area contributed by atoms with Gasteiger partial charge in [-0.1, -0.05) is 12.2 Å². The first-order chi connectivity index (χ1) is 5.59. The van der Waals surface area contributed by atoms with Gasteiger partial charge in [0.1, 0.15) is 16.5 Å². The summed E-state index contributed by atoms with van der Waals surface area (Å²) in [6.07, 6.45) is 6.22. The highest BCUT2D eigenvalue weighted by molar-refractivity contribution is 7.71. The van der Waals surface area contributed by atoms with Gasteiger partial charge in [0.25, 0.3) is 0 Å². The average molecular weight is 179 g/mol. The van der Waals surface area contributed by atoms with Crippen molar-refractivity contribution in [3.63, 3.8) is 0 Å². The Kier molecular flexibility index (Phi) is 1.46. The van der Waals surface area contributed by atoms with Crippen LogP contribution in [-0.4, -0.2) is 19.1 Å². The summed E-state index contributed by atoms with van der Waals surface area (Å²) in [5.41, 5.74) is 2.49. The molecular weight excluding hydrogens is 168 g/mol. The van der Waals surface area contributed by atoms with E-state index in [9.17, 15) is 0 Å². The Bertz CT molecular complexity index is 401. The first kappa shape index (κ1) is 7.71. The molecule has 0 radical (unpaired) electrons. The third-order valence-electron chi connectivity index (χ3n) is 2.18. The molecule has 1 aromatic heterocycles. The van der Waals surface area contributed by atoms with Crippen molar-refractivity contribution in [2.75, 3.05) is 14.1 Å². The van der Waals surface area contributed by atoms with Crippen molar-refractivity contribution in [1.29, 1.82) is 0 Å². The Balaban J connectivity index is 2.71. The molecule has 0 saturated heterocycles. The second kappa shape index (κ2) is 2.28. The van der Waals surface area contributed by atoms with Gasteiger partial charge in [-0.25, -0.2) is 0 Å². The van der Waals surface area contributed by atoms with Crippen molar-refractivity contribution < 1.29 is 0 Å². The summed E-state index contributed by atoms with van der Waals surface area (Å²) in [7, 11) is 4.27. The lowest BCUT2D eigenvalue weighted by molar-refractivity contribution is 0.550. The van der Waals surface area contributed by atoms with E-state index >= 15 is 0 Å². The molecule has 1 aliphatic rings.